The Morgan fingerprint density at radius 2 is 2.00 bits per heavy atom. The third-order valence-corrected chi connectivity index (χ3v) is 2.75. The molecule has 2 rings (SSSR count). The maximum atomic E-state index is 12.3. The van der Waals surface area contributed by atoms with E-state index in [0.717, 1.165) is 26.2 Å². The molecule has 1 atom stereocenters. The van der Waals surface area contributed by atoms with E-state index in [1.54, 1.807) is 6.92 Å². The van der Waals surface area contributed by atoms with Crippen LogP contribution in [-0.4, -0.2) is 41.2 Å². The molecule has 1 N–H and O–H groups in total. The van der Waals surface area contributed by atoms with E-state index in [2.05, 4.69) is 20.0 Å². The van der Waals surface area contributed by atoms with Crippen molar-refractivity contribution in [2.24, 2.45) is 0 Å². The molecule has 0 bridgehead atoms. The van der Waals surface area contributed by atoms with E-state index in [-0.39, 0.29) is 11.9 Å². The van der Waals surface area contributed by atoms with Crippen LogP contribution in [0.15, 0.2) is 4.52 Å². The Bertz CT molecular complexity index is 373. The minimum Gasteiger partial charge on any atom is -0.337 e. The first-order chi connectivity index (χ1) is 7.98. The molecule has 96 valence electrons. The average molecular weight is 250 g/mol. The molecule has 1 aliphatic rings. The fourth-order valence-electron chi connectivity index (χ4n) is 1.75. The zero-order chi connectivity index (χ0) is 12.5. The maximum Gasteiger partial charge on any atom is 0.455 e. The molecule has 0 aliphatic carbocycles. The molecular formula is C9H13F3N4O. The van der Waals surface area contributed by atoms with Crippen molar-refractivity contribution in [2.45, 2.75) is 19.1 Å². The lowest BCUT2D eigenvalue weighted by molar-refractivity contribution is -0.146. The third-order valence-electron chi connectivity index (χ3n) is 2.75. The van der Waals surface area contributed by atoms with Gasteiger partial charge in [-0.2, -0.15) is 18.2 Å². The summed E-state index contributed by atoms with van der Waals surface area (Å²) in [4.78, 5) is 5.40. The number of alkyl halides is 3. The van der Waals surface area contributed by atoms with Gasteiger partial charge in [-0.3, -0.25) is 4.90 Å². The molecule has 0 radical (unpaired) electrons. The molecule has 0 saturated carbocycles. The van der Waals surface area contributed by atoms with Crippen molar-refractivity contribution >= 4 is 0 Å². The number of rotatable bonds is 2. The highest BCUT2D eigenvalue weighted by atomic mass is 19.4. The first-order valence-electron chi connectivity index (χ1n) is 5.34. The summed E-state index contributed by atoms with van der Waals surface area (Å²) in [6, 6.07) is -0.291. The molecule has 1 aromatic rings. The maximum absolute atomic E-state index is 12.3. The lowest BCUT2D eigenvalue weighted by Crippen LogP contribution is -2.44. The summed E-state index contributed by atoms with van der Waals surface area (Å²) < 4.78 is 41.6. The first-order valence-corrected chi connectivity index (χ1v) is 5.34. The fraction of sp³-hybridized carbons (Fsp3) is 0.778. The molecule has 1 saturated heterocycles. The summed E-state index contributed by atoms with van der Waals surface area (Å²) in [5, 5.41) is 6.11. The second-order valence-electron chi connectivity index (χ2n) is 3.92. The van der Waals surface area contributed by atoms with Gasteiger partial charge in [-0.25, -0.2) is 0 Å². The van der Waals surface area contributed by atoms with Crippen molar-refractivity contribution in [1.29, 1.82) is 0 Å². The van der Waals surface area contributed by atoms with E-state index >= 15 is 0 Å². The van der Waals surface area contributed by atoms with E-state index in [1.807, 2.05) is 4.90 Å². The molecule has 1 aliphatic heterocycles. The van der Waals surface area contributed by atoms with E-state index < -0.39 is 12.0 Å². The van der Waals surface area contributed by atoms with Crippen LogP contribution in [0.25, 0.3) is 0 Å². The van der Waals surface area contributed by atoms with Gasteiger partial charge in [0.25, 0.3) is 5.82 Å². The fourth-order valence-corrected chi connectivity index (χ4v) is 1.75. The van der Waals surface area contributed by atoms with Crippen LogP contribution >= 0.6 is 0 Å². The largest absolute Gasteiger partial charge is 0.455 e. The van der Waals surface area contributed by atoms with E-state index in [1.165, 1.54) is 0 Å². The van der Waals surface area contributed by atoms with Gasteiger partial charge in [0.05, 0.1) is 6.04 Å². The Morgan fingerprint density at radius 1 is 1.35 bits per heavy atom. The average Bonchev–Trinajstić information content (AvgIpc) is 2.78. The van der Waals surface area contributed by atoms with Gasteiger partial charge in [-0.15, -0.1) is 0 Å². The molecule has 8 heteroatoms. The second-order valence-corrected chi connectivity index (χ2v) is 3.92. The van der Waals surface area contributed by atoms with Crippen molar-refractivity contribution in [3.8, 4) is 0 Å². The van der Waals surface area contributed by atoms with Gasteiger partial charge >= 0.3 is 6.18 Å². The summed E-state index contributed by atoms with van der Waals surface area (Å²) in [5.41, 5.74) is 0. The number of halogens is 3. The molecule has 5 nitrogen and oxygen atoms in total. The lowest BCUT2D eigenvalue weighted by atomic mass is 10.2. The molecule has 1 fully saturated rings. The van der Waals surface area contributed by atoms with E-state index in [9.17, 15) is 13.2 Å². The van der Waals surface area contributed by atoms with Gasteiger partial charge in [-0.1, -0.05) is 5.16 Å². The van der Waals surface area contributed by atoms with Crippen LogP contribution in [-0.2, 0) is 6.18 Å². The van der Waals surface area contributed by atoms with Crippen LogP contribution in [0, 0.1) is 0 Å². The minimum absolute atomic E-state index is 0.0132. The standard InChI is InChI=1S/C9H13F3N4O/c1-6(16-4-2-13-3-5-16)7-14-8(15-17-7)9(10,11)12/h6,13H,2-5H2,1H3. The Morgan fingerprint density at radius 3 is 2.53 bits per heavy atom. The summed E-state index contributed by atoms with van der Waals surface area (Å²) in [5.74, 6) is -1.20. The molecule has 17 heavy (non-hydrogen) atoms. The van der Waals surface area contributed by atoms with Crippen LogP contribution in [0.5, 0.6) is 0 Å². The summed E-state index contributed by atoms with van der Waals surface area (Å²) in [6.07, 6.45) is -4.55. The number of nitrogens with zero attached hydrogens (tertiary/aromatic N) is 3. The number of piperazine rings is 1. The normalized spacial score (nSPS) is 20.5. The SMILES string of the molecule is CC(c1nc(C(F)(F)F)no1)N1CCNCC1. The van der Waals surface area contributed by atoms with Gasteiger partial charge in [0.1, 0.15) is 0 Å². The van der Waals surface area contributed by atoms with Crippen molar-refractivity contribution in [1.82, 2.24) is 20.4 Å². The van der Waals surface area contributed by atoms with Crippen molar-refractivity contribution in [2.75, 3.05) is 26.2 Å². The van der Waals surface area contributed by atoms with Crippen molar-refractivity contribution in [3.05, 3.63) is 11.7 Å². The predicted molar refractivity (Wildman–Crippen MR) is 52.2 cm³/mol. The Hall–Kier alpha value is -1.15. The highest BCUT2D eigenvalue weighted by Gasteiger charge is 2.38. The number of hydrogen-bond acceptors (Lipinski definition) is 5. The van der Waals surface area contributed by atoms with Crippen LogP contribution in [0.2, 0.25) is 0 Å². The quantitative estimate of drug-likeness (QED) is 0.850. The van der Waals surface area contributed by atoms with Crippen molar-refractivity contribution in [3.63, 3.8) is 0 Å². The summed E-state index contributed by atoms with van der Waals surface area (Å²) in [6.45, 7) is 4.89. The Balaban J connectivity index is 2.08. The molecular weight excluding hydrogens is 237 g/mol. The highest BCUT2D eigenvalue weighted by molar-refractivity contribution is 4.95. The zero-order valence-electron chi connectivity index (χ0n) is 9.29. The van der Waals surface area contributed by atoms with Crippen LogP contribution < -0.4 is 5.32 Å². The van der Waals surface area contributed by atoms with Gasteiger partial charge in [0.15, 0.2) is 0 Å². The third kappa shape index (κ3) is 2.75. The molecule has 2 heterocycles. The lowest BCUT2D eigenvalue weighted by Gasteiger charge is -2.30. The highest BCUT2D eigenvalue weighted by Crippen LogP contribution is 2.28. The van der Waals surface area contributed by atoms with Crippen LogP contribution in [0.4, 0.5) is 13.2 Å². The Kier molecular flexibility index (Phi) is 3.34. The topological polar surface area (TPSA) is 54.2 Å². The predicted octanol–water partition coefficient (Wildman–Crippen LogP) is 1.05. The van der Waals surface area contributed by atoms with Crippen molar-refractivity contribution < 1.29 is 17.7 Å². The molecule has 0 amide bonds. The van der Waals surface area contributed by atoms with E-state index in [4.69, 9.17) is 0 Å². The van der Waals surface area contributed by atoms with Gasteiger partial charge in [0.2, 0.25) is 5.89 Å². The molecule has 1 unspecified atom stereocenters. The monoisotopic (exact) mass is 250 g/mol. The van der Waals surface area contributed by atoms with Gasteiger partial charge in [-0.05, 0) is 6.92 Å². The Labute approximate surface area is 96.0 Å². The summed E-state index contributed by atoms with van der Waals surface area (Å²) >= 11 is 0. The summed E-state index contributed by atoms with van der Waals surface area (Å²) in [7, 11) is 0. The smallest absolute Gasteiger partial charge is 0.337 e. The van der Waals surface area contributed by atoms with E-state index in [0.29, 0.717) is 0 Å². The number of aromatic nitrogens is 2. The number of hydrogen-bond donors (Lipinski definition) is 1. The molecule has 1 aromatic heterocycles. The van der Waals surface area contributed by atoms with Crippen LogP contribution in [0.3, 0.4) is 0 Å². The number of nitrogens with one attached hydrogen (secondary N) is 1. The minimum atomic E-state index is -4.55. The first kappa shape index (κ1) is 12.3. The second kappa shape index (κ2) is 4.61. The van der Waals surface area contributed by atoms with Gasteiger partial charge in [0, 0.05) is 26.2 Å². The molecule has 0 aromatic carbocycles. The zero-order valence-corrected chi connectivity index (χ0v) is 9.29. The van der Waals surface area contributed by atoms with Crippen LogP contribution in [0.1, 0.15) is 24.7 Å². The molecule has 0 spiro atoms. The van der Waals surface area contributed by atoms with Gasteiger partial charge < -0.3 is 9.84 Å².